The molecule has 0 saturated carbocycles. The van der Waals surface area contributed by atoms with Gasteiger partial charge in [-0.25, -0.2) is 0 Å². The van der Waals surface area contributed by atoms with Crippen LogP contribution in [0.5, 0.6) is 0 Å². The molecule has 2 nitrogen and oxygen atoms in total. The van der Waals surface area contributed by atoms with E-state index in [0.717, 1.165) is 6.42 Å². The van der Waals surface area contributed by atoms with Crippen molar-refractivity contribution in [3.63, 3.8) is 0 Å². The van der Waals surface area contributed by atoms with E-state index in [0.29, 0.717) is 6.54 Å². The van der Waals surface area contributed by atoms with E-state index >= 15 is 0 Å². The Labute approximate surface area is 67.0 Å². The van der Waals surface area contributed by atoms with Gasteiger partial charge in [-0.1, -0.05) is 18.2 Å². The van der Waals surface area contributed by atoms with Gasteiger partial charge in [0.05, 0.1) is 0 Å². The lowest BCUT2D eigenvalue weighted by Gasteiger charge is -2.01. The molecule has 60 valence electrons. The molecule has 11 heavy (non-hydrogen) atoms. The molecule has 1 rings (SSSR count). The summed E-state index contributed by atoms with van der Waals surface area (Å²) in [5.41, 5.74) is 1.35. The SMILES string of the molecule is C=CC(=O)NCC1=CCCC1. The van der Waals surface area contributed by atoms with E-state index in [1.54, 1.807) is 0 Å². The fraction of sp³-hybridized carbons (Fsp3) is 0.444. The van der Waals surface area contributed by atoms with E-state index < -0.39 is 0 Å². The number of hydrogen-bond acceptors (Lipinski definition) is 1. The highest BCUT2D eigenvalue weighted by molar-refractivity contribution is 5.86. The van der Waals surface area contributed by atoms with Crippen molar-refractivity contribution in [3.8, 4) is 0 Å². The van der Waals surface area contributed by atoms with Crippen LogP contribution >= 0.6 is 0 Å². The summed E-state index contributed by atoms with van der Waals surface area (Å²) in [6, 6.07) is 0. The molecule has 1 aliphatic rings. The third-order valence-electron chi connectivity index (χ3n) is 1.81. The number of hydrogen-bond donors (Lipinski definition) is 1. The summed E-state index contributed by atoms with van der Waals surface area (Å²) in [5.74, 6) is -0.0854. The average molecular weight is 151 g/mol. The molecule has 0 aromatic carbocycles. The van der Waals surface area contributed by atoms with Gasteiger partial charge < -0.3 is 5.32 Å². The lowest BCUT2D eigenvalue weighted by Crippen LogP contribution is -2.22. The van der Waals surface area contributed by atoms with Crippen molar-refractivity contribution in [1.29, 1.82) is 0 Å². The highest BCUT2D eigenvalue weighted by Gasteiger charge is 2.04. The fourth-order valence-electron chi connectivity index (χ4n) is 1.17. The standard InChI is InChI=1S/C9H13NO/c1-2-9(11)10-7-8-5-3-4-6-8/h2,5H,1,3-4,6-7H2,(H,10,11). The fourth-order valence-corrected chi connectivity index (χ4v) is 1.17. The Balaban J connectivity index is 2.21. The molecule has 1 aliphatic carbocycles. The van der Waals surface area contributed by atoms with Crippen molar-refractivity contribution >= 4 is 5.91 Å². The summed E-state index contributed by atoms with van der Waals surface area (Å²) in [6.07, 6.45) is 7.04. The Morgan fingerprint density at radius 3 is 3.18 bits per heavy atom. The van der Waals surface area contributed by atoms with Gasteiger partial charge in [0.15, 0.2) is 0 Å². The van der Waals surface area contributed by atoms with Crippen LogP contribution in [0.4, 0.5) is 0 Å². The van der Waals surface area contributed by atoms with E-state index in [1.165, 1.54) is 24.5 Å². The van der Waals surface area contributed by atoms with Crippen LogP contribution in [0, 0.1) is 0 Å². The van der Waals surface area contributed by atoms with Gasteiger partial charge in [0.25, 0.3) is 0 Å². The van der Waals surface area contributed by atoms with Gasteiger partial charge in [-0.05, 0) is 25.3 Å². The molecule has 0 unspecified atom stereocenters. The monoisotopic (exact) mass is 151 g/mol. The predicted molar refractivity (Wildman–Crippen MR) is 45.1 cm³/mol. The van der Waals surface area contributed by atoms with Crippen LogP contribution in [0.25, 0.3) is 0 Å². The number of amides is 1. The van der Waals surface area contributed by atoms with Gasteiger partial charge in [-0.15, -0.1) is 0 Å². The quantitative estimate of drug-likeness (QED) is 0.479. The summed E-state index contributed by atoms with van der Waals surface area (Å²) in [7, 11) is 0. The van der Waals surface area contributed by atoms with Crippen LogP contribution in [-0.2, 0) is 4.79 Å². The molecule has 0 atom stereocenters. The van der Waals surface area contributed by atoms with E-state index in [2.05, 4.69) is 18.0 Å². The first-order valence-corrected chi connectivity index (χ1v) is 3.91. The normalized spacial score (nSPS) is 15.8. The van der Waals surface area contributed by atoms with Crippen molar-refractivity contribution in [2.24, 2.45) is 0 Å². The molecule has 0 fully saturated rings. The lowest BCUT2D eigenvalue weighted by atomic mass is 10.2. The Hall–Kier alpha value is -1.05. The molecular weight excluding hydrogens is 138 g/mol. The van der Waals surface area contributed by atoms with Gasteiger partial charge in [-0.2, -0.15) is 0 Å². The topological polar surface area (TPSA) is 29.1 Å². The summed E-state index contributed by atoms with van der Waals surface area (Å²) < 4.78 is 0. The van der Waals surface area contributed by atoms with Crippen LogP contribution < -0.4 is 5.32 Å². The van der Waals surface area contributed by atoms with Crippen LogP contribution in [-0.4, -0.2) is 12.5 Å². The minimum Gasteiger partial charge on any atom is -0.349 e. The lowest BCUT2D eigenvalue weighted by molar-refractivity contribution is -0.116. The molecule has 0 bridgehead atoms. The summed E-state index contributed by atoms with van der Waals surface area (Å²) in [4.78, 5) is 10.7. The van der Waals surface area contributed by atoms with Crippen LogP contribution in [0.3, 0.4) is 0 Å². The molecule has 0 radical (unpaired) electrons. The zero-order chi connectivity index (χ0) is 8.10. The van der Waals surface area contributed by atoms with E-state index in [9.17, 15) is 4.79 Å². The number of allylic oxidation sites excluding steroid dienone is 1. The molecule has 1 amide bonds. The van der Waals surface area contributed by atoms with Crippen LogP contribution in [0.2, 0.25) is 0 Å². The molecule has 0 aliphatic heterocycles. The van der Waals surface area contributed by atoms with E-state index in [1.807, 2.05) is 0 Å². The molecular formula is C9H13NO. The minimum absolute atomic E-state index is 0.0854. The predicted octanol–water partition coefficient (Wildman–Crippen LogP) is 1.40. The highest BCUT2D eigenvalue weighted by Crippen LogP contribution is 2.15. The number of rotatable bonds is 3. The second-order valence-electron chi connectivity index (χ2n) is 2.68. The Bertz CT molecular complexity index is 194. The largest absolute Gasteiger partial charge is 0.349 e. The highest BCUT2D eigenvalue weighted by atomic mass is 16.1. The first-order valence-electron chi connectivity index (χ1n) is 3.91. The van der Waals surface area contributed by atoms with E-state index in [-0.39, 0.29) is 5.91 Å². The molecule has 0 saturated heterocycles. The molecule has 0 aromatic rings. The third kappa shape index (κ3) is 2.58. The van der Waals surface area contributed by atoms with Crippen molar-refractivity contribution in [2.75, 3.05) is 6.54 Å². The van der Waals surface area contributed by atoms with Crippen molar-refractivity contribution < 1.29 is 4.79 Å². The Morgan fingerprint density at radius 1 is 1.82 bits per heavy atom. The molecule has 2 heteroatoms. The minimum atomic E-state index is -0.0854. The summed E-state index contributed by atoms with van der Waals surface area (Å²) in [6.45, 7) is 4.07. The van der Waals surface area contributed by atoms with Crippen LogP contribution in [0.1, 0.15) is 19.3 Å². The van der Waals surface area contributed by atoms with E-state index in [4.69, 9.17) is 0 Å². The first-order chi connectivity index (χ1) is 5.33. The van der Waals surface area contributed by atoms with Gasteiger partial charge >= 0.3 is 0 Å². The zero-order valence-electron chi connectivity index (χ0n) is 6.60. The van der Waals surface area contributed by atoms with Crippen molar-refractivity contribution in [2.45, 2.75) is 19.3 Å². The number of nitrogens with one attached hydrogen (secondary N) is 1. The molecule has 0 aromatic heterocycles. The smallest absolute Gasteiger partial charge is 0.243 e. The number of carbonyl (C=O) groups excluding carboxylic acids is 1. The van der Waals surface area contributed by atoms with Gasteiger partial charge in [0, 0.05) is 6.54 Å². The second-order valence-corrected chi connectivity index (χ2v) is 2.68. The van der Waals surface area contributed by atoms with Gasteiger partial charge in [-0.3, -0.25) is 4.79 Å². The first kappa shape index (κ1) is 8.05. The molecule has 0 spiro atoms. The molecule has 1 N–H and O–H groups in total. The zero-order valence-corrected chi connectivity index (χ0v) is 6.60. The maximum absolute atomic E-state index is 10.7. The van der Waals surface area contributed by atoms with Crippen molar-refractivity contribution in [3.05, 3.63) is 24.3 Å². The second kappa shape index (κ2) is 3.96. The van der Waals surface area contributed by atoms with Gasteiger partial charge in [0.2, 0.25) is 5.91 Å². The Morgan fingerprint density at radius 2 is 2.64 bits per heavy atom. The number of carbonyl (C=O) groups is 1. The van der Waals surface area contributed by atoms with Gasteiger partial charge in [0.1, 0.15) is 0 Å². The average Bonchev–Trinajstić information content (AvgIpc) is 2.52. The Kier molecular flexibility index (Phi) is 2.90. The maximum atomic E-state index is 10.7. The van der Waals surface area contributed by atoms with Crippen LogP contribution in [0.15, 0.2) is 24.3 Å². The summed E-state index contributed by atoms with van der Waals surface area (Å²) in [5, 5.41) is 2.75. The third-order valence-corrected chi connectivity index (χ3v) is 1.81. The maximum Gasteiger partial charge on any atom is 0.243 e. The molecule has 0 heterocycles. The summed E-state index contributed by atoms with van der Waals surface area (Å²) >= 11 is 0. The van der Waals surface area contributed by atoms with Crippen molar-refractivity contribution in [1.82, 2.24) is 5.32 Å².